The van der Waals surface area contributed by atoms with Crippen LogP contribution in [-0.4, -0.2) is 55.3 Å². The second kappa shape index (κ2) is 9.34. The molecule has 0 amide bonds. The number of hydrogen-bond acceptors (Lipinski definition) is 3. The third-order valence-corrected chi connectivity index (χ3v) is 0. The topological polar surface area (TPSA) is 63.2 Å². The molecule has 0 aliphatic heterocycles. The second-order valence-corrected chi connectivity index (χ2v) is 0.750. The van der Waals surface area contributed by atoms with E-state index in [4.69, 9.17) is 14.1 Å². The van der Waals surface area contributed by atoms with Gasteiger partial charge in [-0.3, -0.25) is 0 Å². The molecule has 0 bridgehead atoms. The smallest absolute Gasteiger partial charge is 0.672 e. The average Bonchev–Trinajstić information content (AvgIpc) is 0.811. The standard InChI is InChI=1S/B.Ca.O3Si/c;;1-4(2)3/q;+2;-2. The summed E-state index contributed by atoms with van der Waals surface area (Å²) >= 11 is 0. The molecule has 6 heteroatoms. The molecule has 0 aliphatic rings. The molecule has 3 nitrogen and oxygen atoms in total. The van der Waals surface area contributed by atoms with Crippen LogP contribution in [0.4, 0.5) is 0 Å². The first-order valence-corrected chi connectivity index (χ1v) is 1.84. The van der Waals surface area contributed by atoms with Gasteiger partial charge in [0.05, 0.1) is 0 Å². The third-order valence-electron chi connectivity index (χ3n) is 0. The summed E-state index contributed by atoms with van der Waals surface area (Å²) in [5.74, 6) is 0. The van der Waals surface area contributed by atoms with Crippen LogP contribution in [0, 0.1) is 0 Å². The van der Waals surface area contributed by atoms with E-state index in [2.05, 4.69) is 0 Å². The predicted molar refractivity (Wildman–Crippen MR) is 17.9 cm³/mol. The summed E-state index contributed by atoms with van der Waals surface area (Å²) in [5, 5.41) is 0. The van der Waals surface area contributed by atoms with Crippen LogP contribution in [0.5, 0.6) is 0 Å². The Morgan fingerprint density at radius 3 is 1.33 bits per heavy atom. The molecule has 0 rings (SSSR count). The number of rotatable bonds is 0. The zero-order valence-electron chi connectivity index (χ0n) is 3.01. The first kappa shape index (κ1) is 15.8. The fraction of sp³-hybridized carbons (Fsp3) is 0. The zero-order valence-corrected chi connectivity index (χ0v) is 6.22. The third kappa shape index (κ3) is 86.6. The van der Waals surface area contributed by atoms with Crippen LogP contribution in [0.3, 0.4) is 0 Å². The van der Waals surface area contributed by atoms with Gasteiger partial charge in [-0.15, -0.1) is 0 Å². The van der Waals surface area contributed by atoms with Gasteiger partial charge in [-0.25, -0.2) is 0 Å². The number of hydrogen-bond donors (Lipinski definition) is 0. The molecular weight excluding hydrogens is 127 g/mol. The molecule has 0 aliphatic carbocycles. The Balaban J connectivity index is -0.0000000450. The molecule has 0 aromatic heterocycles. The van der Waals surface area contributed by atoms with Crippen molar-refractivity contribution in [2.24, 2.45) is 0 Å². The molecule has 0 N–H and O–H groups in total. The predicted octanol–water partition coefficient (Wildman–Crippen LogP) is -3.64. The van der Waals surface area contributed by atoms with Gasteiger partial charge in [-0.05, 0) is 0 Å². The van der Waals surface area contributed by atoms with E-state index in [9.17, 15) is 0 Å². The van der Waals surface area contributed by atoms with Crippen LogP contribution < -0.4 is 9.59 Å². The second-order valence-electron chi connectivity index (χ2n) is 0.250. The van der Waals surface area contributed by atoms with Gasteiger partial charge in [0.15, 0.2) is 0 Å². The van der Waals surface area contributed by atoms with Gasteiger partial charge in [-0.1, -0.05) is 0 Å². The monoisotopic (exact) mass is 127 g/mol. The van der Waals surface area contributed by atoms with Crippen molar-refractivity contribution in [3.63, 3.8) is 0 Å². The molecule has 27 valence electrons. The van der Waals surface area contributed by atoms with Crippen molar-refractivity contribution in [1.29, 1.82) is 0 Å². The van der Waals surface area contributed by atoms with Crippen molar-refractivity contribution < 1.29 is 14.1 Å². The molecule has 0 heterocycles. The van der Waals surface area contributed by atoms with Gasteiger partial charge in [0.1, 0.15) is 0 Å². The van der Waals surface area contributed by atoms with Crippen molar-refractivity contribution in [2.75, 3.05) is 0 Å². The van der Waals surface area contributed by atoms with Crippen LogP contribution in [0.1, 0.15) is 0 Å². The van der Waals surface area contributed by atoms with Gasteiger partial charge in [0, 0.05) is 17.6 Å². The molecule has 0 spiro atoms. The Hall–Kier alpha value is 0.942. The Morgan fingerprint density at radius 1 is 1.33 bits per heavy atom. The van der Waals surface area contributed by atoms with Crippen LogP contribution >= 0.6 is 0 Å². The summed E-state index contributed by atoms with van der Waals surface area (Å²) in [7, 11) is -3.63. The van der Waals surface area contributed by atoms with Gasteiger partial charge in [-0.2, -0.15) is 0 Å². The summed E-state index contributed by atoms with van der Waals surface area (Å²) in [6.07, 6.45) is 0. The summed E-state index contributed by atoms with van der Waals surface area (Å²) in [4.78, 5) is 17.0. The maximum atomic E-state index is 8.52. The van der Waals surface area contributed by atoms with Crippen LogP contribution in [-0.2, 0) is 4.46 Å². The quantitative estimate of drug-likeness (QED) is 0.315. The summed E-state index contributed by atoms with van der Waals surface area (Å²) < 4.78 is 8.52. The van der Waals surface area contributed by atoms with Crippen molar-refractivity contribution in [3.05, 3.63) is 0 Å². The maximum absolute atomic E-state index is 8.52. The molecule has 0 aromatic carbocycles. The summed E-state index contributed by atoms with van der Waals surface area (Å²) in [6.45, 7) is 0. The van der Waals surface area contributed by atoms with Gasteiger partial charge < -0.3 is 14.1 Å². The molecule has 0 saturated carbocycles. The Morgan fingerprint density at radius 2 is 1.33 bits per heavy atom. The molecule has 0 fully saturated rings. The Labute approximate surface area is 68.9 Å². The first-order valence-electron chi connectivity index (χ1n) is 0.612. The van der Waals surface area contributed by atoms with E-state index in [0.717, 1.165) is 0 Å². The molecular formula is BCaO3Si. The fourth-order valence-corrected chi connectivity index (χ4v) is 0. The zero-order chi connectivity index (χ0) is 3.58. The van der Waals surface area contributed by atoms with Crippen molar-refractivity contribution in [3.8, 4) is 0 Å². The summed E-state index contributed by atoms with van der Waals surface area (Å²) in [6, 6.07) is 0. The van der Waals surface area contributed by atoms with Crippen LogP contribution in [0.2, 0.25) is 0 Å². The van der Waals surface area contributed by atoms with Gasteiger partial charge in [0.2, 0.25) is 0 Å². The molecule has 6 heavy (non-hydrogen) atoms. The minimum atomic E-state index is -3.63. The van der Waals surface area contributed by atoms with Crippen LogP contribution in [0.15, 0.2) is 0 Å². The van der Waals surface area contributed by atoms with Crippen molar-refractivity contribution >= 4 is 55.3 Å². The average molecular weight is 127 g/mol. The van der Waals surface area contributed by atoms with Crippen molar-refractivity contribution in [1.82, 2.24) is 0 Å². The van der Waals surface area contributed by atoms with Crippen molar-refractivity contribution in [2.45, 2.75) is 0 Å². The molecule has 0 aromatic rings. The fourth-order valence-electron chi connectivity index (χ4n) is 0. The van der Waals surface area contributed by atoms with E-state index in [1.54, 1.807) is 0 Å². The van der Waals surface area contributed by atoms with E-state index in [1.165, 1.54) is 0 Å². The van der Waals surface area contributed by atoms with E-state index < -0.39 is 9.17 Å². The molecule has 0 saturated heterocycles. The normalized spacial score (nSPS) is 4.00. The Bertz CT molecular complexity index is 33.8. The van der Waals surface area contributed by atoms with E-state index >= 15 is 0 Å². The maximum Gasteiger partial charge on any atom is 2.00 e. The van der Waals surface area contributed by atoms with Gasteiger partial charge in [0.25, 0.3) is 0 Å². The minimum absolute atomic E-state index is 0. The van der Waals surface area contributed by atoms with Crippen LogP contribution in [0.25, 0.3) is 0 Å². The first-order chi connectivity index (χ1) is 1.73. The van der Waals surface area contributed by atoms with E-state index in [-0.39, 0.29) is 46.2 Å². The molecule has 0 atom stereocenters. The Kier molecular flexibility index (Phi) is 24.6. The van der Waals surface area contributed by atoms with E-state index in [1.807, 2.05) is 0 Å². The summed E-state index contributed by atoms with van der Waals surface area (Å²) in [5.41, 5.74) is 0. The van der Waals surface area contributed by atoms with Gasteiger partial charge >= 0.3 is 37.7 Å². The molecule has 3 radical (unpaired) electrons. The van der Waals surface area contributed by atoms with E-state index in [0.29, 0.717) is 0 Å². The SMILES string of the molecule is O=[Si]([O-])[O-].[B].[Ca+2]. The minimum Gasteiger partial charge on any atom is -0.672 e. The largest absolute Gasteiger partial charge is 2.00 e. The molecule has 0 unspecified atom stereocenters.